The van der Waals surface area contributed by atoms with E-state index in [1.54, 1.807) is 6.08 Å². The molecule has 0 saturated heterocycles. The third kappa shape index (κ3) is 6.51. The zero-order valence-electron chi connectivity index (χ0n) is 26.6. The topological polar surface area (TPSA) is 83.8 Å². The highest BCUT2D eigenvalue weighted by Crippen LogP contribution is 2.59. The second-order valence-corrected chi connectivity index (χ2v) is 11.9. The molecule has 0 spiro atoms. The van der Waals surface area contributed by atoms with Gasteiger partial charge in [-0.2, -0.15) is 8.42 Å². The summed E-state index contributed by atoms with van der Waals surface area (Å²) in [6.07, 6.45) is 13.5. The van der Waals surface area contributed by atoms with E-state index in [-0.39, 0.29) is 11.3 Å². The summed E-state index contributed by atoms with van der Waals surface area (Å²) in [6, 6.07) is 0. The van der Waals surface area contributed by atoms with Crippen molar-refractivity contribution in [3.8, 4) is 0 Å². The fourth-order valence-electron chi connectivity index (χ4n) is 6.39. The lowest BCUT2D eigenvalue weighted by atomic mass is 9.61. The molecule has 3 aliphatic rings. The largest absolute Gasteiger partial charge is 0.397 e. The van der Waals surface area contributed by atoms with Crippen molar-refractivity contribution in [3.63, 3.8) is 0 Å². The summed E-state index contributed by atoms with van der Waals surface area (Å²) < 4.78 is 82.4. The van der Waals surface area contributed by atoms with Crippen molar-refractivity contribution in [1.29, 1.82) is 0 Å². The van der Waals surface area contributed by atoms with Crippen molar-refractivity contribution in [3.05, 3.63) is 47.6 Å². The van der Waals surface area contributed by atoms with Gasteiger partial charge in [0, 0.05) is 20.6 Å². The minimum Gasteiger partial charge on any atom is -0.390 e. The van der Waals surface area contributed by atoms with E-state index in [1.165, 1.54) is 12.5 Å². The van der Waals surface area contributed by atoms with E-state index in [9.17, 15) is 13.5 Å². The standard InChI is InChI=1S/C28H44O5S/c1-19-10-14-24(33-34(30,31)32)18-23(19)13-12-22-8-7-17-28(6)25(15-16-26(22)28)20(2)9-11-21(3)27(4,5)29/h9,11-13,20-21,24-26,29H,1,7-8,10,14-18H2,2-6H3,(H,30,31,32)/b11-9+,22-12+,23-13-/t20-,21+,24+,25-,26+,28-/m1/s1/i4D3,5D3. The summed E-state index contributed by atoms with van der Waals surface area (Å²) in [5.41, 5.74) is 0.395. The van der Waals surface area contributed by atoms with Crippen molar-refractivity contribution < 1.29 is 30.5 Å². The summed E-state index contributed by atoms with van der Waals surface area (Å²) in [4.78, 5) is 0. The number of hydrogen-bond donors (Lipinski definition) is 2. The van der Waals surface area contributed by atoms with Crippen LogP contribution in [0.25, 0.3) is 0 Å². The van der Waals surface area contributed by atoms with Crippen LogP contribution >= 0.6 is 0 Å². The first-order chi connectivity index (χ1) is 18.2. The molecule has 0 amide bonds. The average Bonchev–Trinajstić information content (AvgIpc) is 3.17. The number of rotatable bonds is 7. The normalized spacial score (nSPS) is 38.5. The van der Waals surface area contributed by atoms with Gasteiger partial charge in [-0.25, -0.2) is 4.18 Å². The van der Waals surface area contributed by atoms with Crippen molar-refractivity contribution in [2.75, 3.05) is 0 Å². The second kappa shape index (κ2) is 10.4. The Hall–Kier alpha value is -1.21. The van der Waals surface area contributed by atoms with Gasteiger partial charge in [-0.1, -0.05) is 62.8 Å². The first kappa shape index (κ1) is 19.9. The van der Waals surface area contributed by atoms with Gasteiger partial charge in [-0.05, 0) is 87.4 Å². The van der Waals surface area contributed by atoms with E-state index < -0.39 is 41.7 Å². The molecular formula is C28H44O5S. The Morgan fingerprint density at radius 2 is 1.94 bits per heavy atom. The van der Waals surface area contributed by atoms with Gasteiger partial charge in [-0.3, -0.25) is 4.55 Å². The molecule has 34 heavy (non-hydrogen) atoms. The molecule has 6 heteroatoms. The minimum atomic E-state index is -4.52. The number of fused-ring (bicyclic) bond motifs is 1. The monoisotopic (exact) mass is 498 g/mol. The Bertz CT molecular complexity index is 1140. The third-order valence-electron chi connectivity index (χ3n) is 8.46. The predicted molar refractivity (Wildman–Crippen MR) is 138 cm³/mol. The van der Waals surface area contributed by atoms with Crippen LogP contribution in [0, 0.1) is 29.1 Å². The summed E-state index contributed by atoms with van der Waals surface area (Å²) in [6.45, 7) is 3.83. The zero-order valence-corrected chi connectivity index (χ0v) is 21.4. The summed E-state index contributed by atoms with van der Waals surface area (Å²) >= 11 is 0. The summed E-state index contributed by atoms with van der Waals surface area (Å²) in [5.74, 6) is -0.363. The van der Waals surface area contributed by atoms with Crippen LogP contribution < -0.4 is 0 Å². The number of allylic oxidation sites excluding steroid dienone is 5. The summed E-state index contributed by atoms with van der Waals surface area (Å²) in [7, 11) is -4.52. The Morgan fingerprint density at radius 1 is 1.21 bits per heavy atom. The van der Waals surface area contributed by atoms with Gasteiger partial charge in [0.15, 0.2) is 0 Å². The number of aliphatic hydroxyl groups is 1. The highest BCUT2D eigenvalue weighted by Gasteiger charge is 2.50. The van der Waals surface area contributed by atoms with E-state index in [4.69, 9.17) is 17.0 Å². The van der Waals surface area contributed by atoms with Gasteiger partial charge in [0.05, 0.1) is 11.7 Å². The zero-order chi connectivity index (χ0) is 30.3. The third-order valence-corrected chi connectivity index (χ3v) is 8.98. The van der Waals surface area contributed by atoms with Gasteiger partial charge in [-0.15, -0.1) is 0 Å². The maximum absolute atomic E-state index is 11.2. The van der Waals surface area contributed by atoms with Gasteiger partial charge in [0.1, 0.15) is 0 Å². The molecule has 6 atom stereocenters. The minimum absolute atomic E-state index is 0.0140. The Balaban J connectivity index is 1.78. The van der Waals surface area contributed by atoms with Crippen molar-refractivity contribution in [1.82, 2.24) is 0 Å². The van der Waals surface area contributed by atoms with E-state index in [0.717, 1.165) is 43.3 Å². The lowest BCUT2D eigenvalue weighted by molar-refractivity contribution is 0.0436. The molecule has 0 unspecified atom stereocenters. The molecule has 3 aliphatic carbocycles. The lowest BCUT2D eigenvalue weighted by Crippen LogP contribution is -2.35. The van der Waals surface area contributed by atoms with E-state index >= 15 is 0 Å². The van der Waals surface area contributed by atoms with Gasteiger partial charge < -0.3 is 5.11 Å². The molecule has 3 saturated carbocycles. The Kier molecular flexibility index (Phi) is 6.10. The maximum Gasteiger partial charge on any atom is 0.397 e. The molecule has 5 nitrogen and oxygen atoms in total. The fraction of sp³-hybridized carbons (Fsp3) is 0.714. The van der Waals surface area contributed by atoms with Crippen LogP contribution in [0.3, 0.4) is 0 Å². The fourth-order valence-corrected chi connectivity index (χ4v) is 6.90. The lowest BCUT2D eigenvalue weighted by Gasteiger charge is -2.44. The molecule has 0 aromatic carbocycles. The average molecular weight is 499 g/mol. The molecule has 2 N–H and O–H groups in total. The molecule has 3 rings (SSSR count). The van der Waals surface area contributed by atoms with Crippen LogP contribution in [0.4, 0.5) is 0 Å². The molecule has 0 heterocycles. The van der Waals surface area contributed by atoms with Crippen LogP contribution in [-0.4, -0.2) is 29.8 Å². The first-order valence-electron chi connectivity index (χ1n) is 15.3. The van der Waals surface area contributed by atoms with Crippen LogP contribution in [0.5, 0.6) is 0 Å². The van der Waals surface area contributed by atoms with Crippen LogP contribution in [-0.2, 0) is 14.6 Å². The van der Waals surface area contributed by atoms with Gasteiger partial charge in [0.25, 0.3) is 0 Å². The van der Waals surface area contributed by atoms with Crippen LogP contribution in [0.2, 0.25) is 0 Å². The molecule has 192 valence electrons. The molecule has 0 bridgehead atoms. The van der Waals surface area contributed by atoms with Gasteiger partial charge in [0.2, 0.25) is 0 Å². The van der Waals surface area contributed by atoms with Crippen molar-refractivity contribution in [2.24, 2.45) is 29.1 Å². The maximum atomic E-state index is 11.2. The SMILES string of the molecule is [2H]C([2H])([2H])C(O)([C@@H](C)/C=C/[C@@H](C)[C@H]1CC[C@H]2/C(=C/C=C3/C[C@@H](OS(=O)(=O)O)CCC3=C)CCC[C@]12C)C([2H])([2H])[2H]. The van der Waals surface area contributed by atoms with Crippen LogP contribution in [0.1, 0.15) is 94.1 Å². The molecule has 3 fully saturated rings. The smallest absolute Gasteiger partial charge is 0.390 e. The molecule has 0 radical (unpaired) electrons. The molecule has 0 aromatic heterocycles. The van der Waals surface area contributed by atoms with E-state index in [1.807, 2.05) is 12.2 Å². The molecular weight excluding hydrogens is 448 g/mol. The Morgan fingerprint density at radius 3 is 2.62 bits per heavy atom. The quantitative estimate of drug-likeness (QED) is 0.306. The highest BCUT2D eigenvalue weighted by atomic mass is 32.3. The highest BCUT2D eigenvalue weighted by molar-refractivity contribution is 7.80. The molecule has 0 aromatic rings. The van der Waals surface area contributed by atoms with E-state index in [2.05, 4.69) is 26.5 Å². The van der Waals surface area contributed by atoms with E-state index in [0.29, 0.717) is 31.1 Å². The first-order valence-corrected chi connectivity index (χ1v) is 13.7. The van der Waals surface area contributed by atoms with Gasteiger partial charge >= 0.3 is 10.4 Å². The van der Waals surface area contributed by atoms with Crippen molar-refractivity contribution >= 4 is 10.4 Å². The second-order valence-electron chi connectivity index (χ2n) is 10.8. The Labute approximate surface area is 215 Å². The predicted octanol–water partition coefficient (Wildman–Crippen LogP) is 6.58. The number of hydrogen-bond acceptors (Lipinski definition) is 4. The van der Waals surface area contributed by atoms with Crippen molar-refractivity contribution in [2.45, 2.75) is 97.5 Å². The van der Waals surface area contributed by atoms with Crippen LogP contribution in [0.15, 0.2) is 47.6 Å². The molecule has 0 aliphatic heterocycles. The summed E-state index contributed by atoms with van der Waals surface area (Å²) in [5, 5.41) is 10.8.